The third-order valence-corrected chi connectivity index (χ3v) is 6.41. The van der Waals surface area contributed by atoms with Crippen LogP contribution in [0.25, 0.3) is 54.7 Å². The Hall–Kier alpha value is -4.12. The molecule has 6 rings (SSSR count). The monoisotopic (exact) mass is 405 g/mol. The fourth-order valence-corrected chi connectivity index (χ4v) is 5.01. The van der Waals surface area contributed by atoms with Crippen LogP contribution < -0.4 is 0 Å². The Morgan fingerprint density at radius 1 is 0.710 bits per heavy atom. The highest BCUT2D eigenvalue weighted by molar-refractivity contribution is 6.28. The van der Waals surface area contributed by atoms with E-state index in [1.807, 2.05) is 12.1 Å². The molecule has 2 heterocycles. The van der Waals surface area contributed by atoms with Crippen LogP contribution in [0.2, 0.25) is 0 Å². The van der Waals surface area contributed by atoms with Crippen molar-refractivity contribution in [2.45, 2.75) is 0 Å². The van der Waals surface area contributed by atoms with Crippen molar-refractivity contribution in [3.8, 4) is 11.1 Å². The van der Waals surface area contributed by atoms with Crippen LogP contribution in [-0.2, 0) is 14.1 Å². The second-order valence-electron chi connectivity index (χ2n) is 8.00. The standard InChI is InChI=1S/C26H19N3O2/c1-27-21-12-5-4-11-19(21)25-23(27)15-20(16-8-7-9-17(14-16)29(30)31)24-18-10-3-6-13-22(18)28(2)26(24)25/h3-15H,1-2H3. The first-order valence-electron chi connectivity index (χ1n) is 10.2. The number of para-hydroxylation sites is 2. The van der Waals surface area contributed by atoms with Crippen LogP contribution in [0.3, 0.4) is 0 Å². The molecule has 0 saturated carbocycles. The van der Waals surface area contributed by atoms with E-state index in [0.29, 0.717) is 0 Å². The highest BCUT2D eigenvalue weighted by atomic mass is 16.6. The topological polar surface area (TPSA) is 53.0 Å². The Morgan fingerprint density at radius 2 is 1.35 bits per heavy atom. The Bertz CT molecular complexity index is 1690. The fourth-order valence-electron chi connectivity index (χ4n) is 5.01. The maximum absolute atomic E-state index is 11.4. The van der Waals surface area contributed by atoms with Crippen molar-refractivity contribution in [3.63, 3.8) is 0 Å². The Morgan fingerprint density at radius 3 is 2.06 bits per heavy atom. The second-order valence-corrected chi connectivity index (χ2v) is 8.00. The molecule has 0 N–H and O–H groups in total. The van der Waals surface area contributed by atoms with Gasteiger partial charge in [0, 0.05) is 58.8 Å². The number of benzene rings is 4. The van der Waals surface area contributed by atoms with E-state index in [0.717, 1.165) is 38.4 Å². The summed E-state index contributed by atoms with van der Waals surface area (Å²) in [5.41, 5.74) is 6.53. The first-order valence-corrected chi connectivity index (χ1v) is 10.2. The first-order chi connectivity index (χ1) is 15.1. The molecule has 5 nitrogen and oxygen atoms in total. The van der Waals surface area contributed by atoms with E-state index in [9.17, 15) is 10.1 Å². The van der Waals surface area contributed by atoms with Crippen LogP contribution in [0.1, 0.15) is 0 Å². The summed E-state index contributed by atoms with van der Waals surface area (Å²) in [6.45, 7) is 0. The van der Waals surface area contributed by atoms with Gasteiger partial charge in [0.25, 0.3) is 5.69 Å². The van der Waals surface area contributed by atoms with Crippen LogP contribution in [0.4, 0.5) is 5.69 Å². The number of non-ortho nitro benzene ring substituents is 1. The first kappa shape index (κ1) is 17.7. The number of nitro groups is 1. The van der Waals surface area contributed by atoms with Gasteiger partial charge in [0.2, 0.25) is 0 Å². The zero-order valence-corrected chi connectivity index (χ0v) is 17.2. The molecular formula is C26H19N3O2. The van der Waals surface area contributed by atoms with Crippen LogP contribution in [0.15, 0.2) is 78.9 Å². The molecule has 0 atom stereocenters. The van der Waals surface area contributed by atoms with Gasteiger partial charge in [-0.2, -0.15) is 0 Å². The van der Waals surface area contributed by atoms with E-state index < -0.39 is 0 Å². The quantitative estimate of drug-likeness (QED) is 0.242. The van der Waals surface area contributed by atoms with Gasteiger partial charge in [-0.25, -0.2) is 0 Å². The molecule has 0 unspecified atom stereocenters. The maximum atomic E-state index is 11.4. The minimum absolute atomic E-state index is 0.100. The summed E-state index contributed by atoms with van der Waals surface area (Å²) in [6.07, 6.45) is 0. The van der Waals surface area contributed by atoms with Gasteiger partial charge < -0.3 is 9.13 Å². The second kappa shape index (κ2) is 6.19. The lowest BCUT2D eigenvalue weighted by molar-refractivity contribution is -0.384. The smallest absolute Gasteiger partial charge is 0.270 e. The van der Waals surface area contributed by atoms with Crippen LogP contribution in [0.5, 0.6) is 0 Å². The van der Waals surface area contributed by atoms with Crippen molar-refractivity contribution >= 4 is 49.3 Å². The van der Waals surface area contributed by atoms with E-state index in [1.165, 1.54) is 16.3 Å². The largest absolute Gasteiger partial charge is 0.344 e. The van der Waals surface area contributed by atoms with Crippen molar-refractivity contribution in [2.75, 3.05) is 0 Å². The van der Waals surface area contributed by atoms with Crippen LogP contribution in [-0.4, -0.2) is 14.1 Å². The summed E-state index contributed by atoms with van der Waals surface area (Å²) in [5.74, 6) is 0. The molecule has 5 heteroatoms. The molecule has 0 aliphatic heterocycles. The van der Waals surface area contributed by atoms with Gasteiger partial charge in [0.15, 0.2) is 0 Å². The van der Waals surface area contributed by atoms with Crippen molar-refractivity contribution in [3.05, 3.63) is 89.0 Å². The van der Waals surface area contributed by atoms with Gasteiger partial charge in [-0.1, -0.05) is 48.5 Å². The van der Waals surface area contributed by atoms with Crippen LogP contribution in [0, 0.1) is 10.1 Å². The molecule has 0 fully saturated rings. The fraction of sp³-hybridized carbons (Fsp3) is 0.0769. The van der Waals surface area contributed by atoms with Gasteiger partial charge in [-0.15, -0.1) is 0 Å². The molecule has 0 aliphatic rings. The molecule has 0 aliphatic carbocycles. The molecule has 0 spiro atoms. The highest BCUT2D eigenvalue weighted by Gasteiger charge is 2.21. The summed E-state index contributed by atoms with van der Waals surface area (Å²) >= 11 is 0. The molecular weight excluding hydrogens is 386 g/mol. The third-order valence-electron chi connectivity index (χ3n) is 6.41. The van der Waals surface area contributed by atoms with Crippen molar-refractivity contribution in [2.24, 2.45) is 14.1 Å². The average Bonchev–Trinajstić information content (AvgIpc) is 3.26. The minimum Gasteiger partial charge on any atom is -0.344 e. The summed E-state index contributed by atoms with van der Waals surface area (Å²) < 4.78 is 4.46. The van der Waals surface area contributed by atoms with Gasteiger partial charge in [0.1, 0.15) is 0 Å². The average molecular weight is 405 g/mol. The van der Waals surface area contributed by atoms with Crippen LogP contribution >= 0.6 is 0 Å². The summed E-state index contributed by atoms with van der Waals surface area (Å²) in [7, 11) is 4.18. The third kappa shape index (κ3) is 2.31. The van der Waals surface area contributed by atoms with E-state index in [4.69, 9.17) is 0 Å². The number of hydrogen-bond acceptors (Lipinski definition) is 2. The van der Waals surface area contributed by atoms with E-state index >= 15 is 0 Å². The van der Waals surface area contributed by atoms with Crippen molar-refractivity contribution < 1.29 is 4.92 Å². The number of rotatable bonds is 2. The van der Waals surface area contributed by atoms with E-state index in [1.54, 1.807) is 18.2 Å². The number of aryl methyl sites for hydroxylation is 2. The maximum Gasteiger partial charge on any atom is 0.270 e. The summed E-state index contributed by atoms with van der Waals surface area (Å²) in [5, 5.41) is 16.1. The van der Waals surface area contributed by atoms with E-state index in [-0.39, 0.29) is 10.6 Å². The van der Waals surface area contributed by atoms with Crippen molar-refractivity contribution in [1.82, 2.24) is 9.13 Å². The molecule has 6 aromatic rings. The highest BCUT2D eigenvalue weighted by Crippen LogP contribution is 2.44. The molecule has 0 bridgehead atoms. The van der Waals surface area contributed by atoms with Gasteiger partial charge in [0.05, 0.1) is 16.0 Å². The predicted octanol–water partition coefficient (Wildman–Crippen LogP) is 6.55. The Labute approximate surface area is 177 Å². The van der Waals surface area contributed by atoms with E-state index in [2.05, 4.69) is 71.8 Å². The Balaban J connectivity index is 1.91. The van der Waals surface area contributed by atoms with Gasteiger partial charge in [-0.3, -0.25) is 10.1 Å². The Kier molecular flexibility index (Phi) is 3.54. The molecule has 0 saturated heterocycles. The molecule has 150 valence electrons. The van der Waals surface area contributed by atoms with Gasteiger partial charge >= 0.3 is 0 Å². The number of hydrogen-bond donors (Lipinski definition) is 0. The molecule has 31 heavy (non-hydrogen) atoms. The molecule has 0 radical (unpaired) electrons. The minimum atomic E-state index is -0.334. The molecule has 2 aromatic heterocycles. The zero-order valence-electron chi connectivity index (χ0n) is 17.2. The molecule has 0 amide bonds. The van der Waals surface area contributed by atoms with Gasteiger partial charge in [-0.05, 0) is 29.3 Å². The number of aromatic nitrogens is 2. The SMILES string of the molecule is Cn1c2ccccc2c2c1cc(-c1cccc([N+](=O)[O-])c1)c1c3ccccc3n(C)c12. The lowest BCUT2D eigenvalue weighted by Crippen LogP contribution is -1.92. The predicted molar refractivity (Wildman–Crippen MR) is 126 cm³/mol. The lowest BCUT2D eigenvalue weighted by Gasteiger charge is -2.09. The summed E-state index contributed by atoms with van der Waals surface area (Å²) in [4.78, 5) is 11.1. The summed E-state index contributed by atoms with van der Waals surface area (Å²) in [6, 6.07) is 25.9. The number of nitro benzene ring substituents is 1. The normalized spacial score (nSPS) is 11.8. The number of nitrogens with zero attached hydrogens (tertiary/aromatic N) is 3. The van der Waals surface area contributed by atoms with Crippen molar-refractivity contribution in [1.29, 1.82) is 0 Å². The zero-order chi connectivity index (χ0) is 21.3. The lowest BCUT2D eigenvalue weighted by atomic mass is 9.96. The number of fused-ring (bicyclic) bond motifs is 7. The molecule has 4 aromatic carbocycles.